The van der Waals surface area contributed by atoms with E-state index in [1.54, 1.807) is 6.07 Å². The molecule has 0 fully saturated rings. The summed E-state index contributed by atoms with van der Waals surface area (Å²) in [7, 11) is 2.81. The monoisotopic (exact) mass is 262 g/mol. The lowest BCUT2D eigenvalue weighted by molar-refractivity contribution is 0.0602. The van der Waals surface area contributed by atoms with Crippen molar-refractivity contribution in [2.75, 3.05) is 20.0 Å². The summed E-state index contributed by atoms with van der Waals surface area (Å²) >= 11 is 0. The number of hydrogen-bond acceptors (Lipinski definition) is 6. The molecule has 6 nitrogen and oxygen atoms in total. The molecule has 1 aromatic carbocycles. The predicted molar refractivity (Wildman–Crippen MR) is 69.0 cm³/mol. The summed E-state index contributed by atoms with van der Waals surface area (Å²) in [4.78, 5) is 11.7. The van der Waals surface area contributed by atoms with Crippen molar-refractivity contribution < 1.29 is 18.8 Å². The van der Waals surface area contributed by atoms with Crippen molar-refractivity contribution in [3.63, 3.8) is 0 Å². The minimum atomic E-state index is -0.600. The minimum absolute atomic E-state index is 0.0783. The first-order valence-corrected chi connectivity index (χ1v) is 5.57. The van der Waals surface area contributed by atoms with Crippen LogP contribution in [0, 0.1) is 6.92 Å². The number of carbonyl (C=O) groups excluding carboxylic acids is 1. The van der Waals surface area contributed by atoms with Gasteiger partial charge in [0.2, 0.25) is 5.88 Å². The van der Waals surface area contributed by atoms with Crippen molar-refractivity contribution >= 4 is 11.9 Å². The molecule has 0 aliphatic rings. The maximum Gasteiger partial charge on any atom is 0.345 e. The molecule has 0 saturated carbocycles. The maximum atomic E-state index is 11.7. The molecule has 1 aromatic heterocycles. The summed E-state index contributed by atoms with van der Waals surface area (Å²) in [5.41, 5.74) is 7.65. The average molecular weight is 262 g/mol. The van der Waals surface area contributed by atoms with Crippen LogP contribution in [-0.4, -0.2) is 25.3 Å². The molecule has 0 bridgehead atoms. The largest absolute Gasteiger partial charge is 0.496 e. The van der Waals surface area contributed by atoms with Gasteiger partial charge in [0.15, 0.2) is 5.56 Å². The van der Waals surface area contributed by atoms with Crippen LogP contribution in [0.1, 0.15) is 15.9 Å². The van der Waals surface area contributed by atoms with Crippen molar-refractivity contribution in [2.45, 2.75) is 6.92 Å². The number of aromatic nitrogens is 1. The quantitative estimate of drug-likeness (QED) is 0.851. The number of aryl methyl sites for hydroxylation is 1. The molecule has 100 valence electrons. The van der Waals surface area contributed by atoms with Gasteiger partial charge in [-0.2, -0.15) is 0 Å². The van der Waals surface area contributed by atoms with Crippen LogP contribution in [-0.2, 0) is 4.74 Å². The highest BCUT2D eigenvalue weighted by Gasteiger charge is 2.25. The minimum Gasteiger partial charge on any atom is -0.496 e. The van der Waals surface area contributed by atoms with Gasteiger partial charge in [0.05, 0.1) is 14.2 Å². The molecule has 19 heavy (non-hydrogen) atoms. The number of esters is 1. The second-order valence-corrected chi connectivity index (χ2v) is 3.97. The Labute approximate surface area is 110 Å². The zero-order valence-corrected chi connectivity index (χ0v) is 10.9. The van der Waals surface area contributed by atoms with Crippen molar-refractivity contribution in [3.8, 4) is 17.0 Å². The first kappa shape index (κ1) is 12.9. The van der Waals surface area contributed by atoms with Crippen LogP contribution in [0.25, 0.3) is 11.3 Å². The lowest BCUT2D eigenvalue weighted by atomic mass is 10.0. The molecular formula is C13H14N2O4. The first-order valence-electron chi connectivity index (χ1n) is 5.57. The summed E-state index contributed by atoms with van der Waals surface area (Å²) in [6.45, 7) is 1.92. The molecule has 0 radical (unpaired) electrons. The number of nitrogen functional groups attached to an aromatic ring is 1. The molecule has 2 N–H and O–H groups in total. The van der Waals surface area contributed by atoms with E-state index in [1.807, 2.05) is 19.1 Å². The third-order valence-corrected chi connectivity index (χ3v) is 2.72. The number of rotatable bonds is 3. The van der Waals surface area contributed by atoms with E-state index < -0.39 is 5.97 Å². The zero-order chi connectivity index (χ0) is 14.0. The lowest BCUT2D eigenvalue weighted by Gasteiger charge is -2.08. The lowest BCUT2D eigenvalue weighted by Crippen LogP contribution is -2.05. The molecule has 0 aliphatic carbocycles. The predicted octanol–water partition coefficient (Wildman–Crippen LogP) is 2.03. The van der Waals surface area contributed by atoms with Crippen molar-refractivity contribution in [1.29, 1.82) is 0 Å². The summed E-state index contributed by atoms with van der Waals surface area (Å²) in [6, 6.07) is 5.52. The van der Waals surface area contributed by atoms with Gasteiger partial charge in [-0.15, -0.1) is 0 Å². The van der Waals surface area contributed by atoms with Gasteiger partial charge in [0, 0.05) is 5.56 Å². The third kappa shape index (κ3) is 2.24. The van der Waals surface area contributed by atoms with Gasteiger partial charge in [0.1, 0.15) is 11.4 Å². The summed E-state index contributed by atoms with van der Waals surface area (Å²) in [6.07, 6.45) is 0. The van der Waals surface area contributed by atoms with Gasteiger partial charge >= 0.3 is 5.97 Å². The number of anilines is 1. The van der Waals surface area contributed by atoms with E-state index in [9.17, 15) is 4.79 Å². The normalized spacial score (nSPS) is 10.3. The molecule has 0 spiro atoms. The van der Waals surface area contributed by atoms with Crippen molar-refractivity contribution in [1.82, 2.24) is 5.16 Å². The molecule has 1 heterocycles. The summed E-state index contributed by atoms with van der Waals surface area (Å²) in [5.74, 6) is -0.105. The third-order valence-electron chi connectivity index (χ3n) is 2.72. The van der Waals surface area contributed by atoms with Gasteiger partial charge in [-0.3, -0.25) is 0 Å². The van der Waals surface area contributed by atoms with Crippen molar-refractivity contribution in [2.24, 2.45) is 0 Å². The number of nitrogens with two attached hydrogens (primary N) is 1. The number of carbonyl (C=O) groups is 1. The fourth-order valence-corrected chi connectivity index (χ4v) is 1.79. The van der Waals surface area contributed by atoms with E-state index in [1.165, 1.54) is 14.2 Å². The van der Waals surface area contributed by atoms with Crippen LogP contribution in [0.15, 0.2) is 22.7 Å². The van der Waals surface area contributed by atoms with Crippen LogP contribution in [0.4, 0.5) is 5.88 Å². The standard InChI is InChI=1S/C13H14N2O4/c1-7-4-5-9(17-2)8(6-7)11-10(13(16)18-3)12(14)19-15-11/h4-6H,14H2,1-3H3. The molecule has 0 aliphatic heterocycles. The fraction of sp³-hybridized carbons (Fsp3) is 0.231. The Balaban J connectivity index is 2.65. The topological polar surface area (TPSA) is 87.6 Å². The second-order valence-electron chi connectivity index (χ2n) is 3.97. The van der Waals surface area contributed by atoms with Crippen molar-refractivity contribution in [3.05, 3.63) is 29.3 Å². The van der Waals surface area contributed by atoms with Crippen LogP contribution in [0.5, 0.6) is 5.75 Å². The molecule has 2 aromatic rings. The van der Waals surface area contributed by atoms with Crippen LogP contribution in [0.3, 0.4) is 0 Å². The fourth-order valence-electron chi connectivity index (χ4n) is 1.79. The Morgan fingerprint density at radius 2 is 2.11 bits per heavy atom. The summed E-state index contributed by atoms with van der Waals surface area (Å²) in [5, 5.41) is 3.82. The van der Waals surface area contributed by atoms with E-state index >= 15 is 0 Å². The maximum absolute atomic E-state index is 11.7. The number of ether oxygens (including phenoxy) is 2. The highest BCUT2D eigenvalue weighted by Crippen LogP contribution is 2.34. The Kier molecular flexibility index (Phi) is 3.41. The van der Waals surface area contributed by atoms with Crippen LogP contribution < -0.4 is 10.5 Å². The smallest absolute Gasteiger partial charge is 0.345 e. The highest BCUT2D eigenvalue weighted by atomic mass is 16.5. The molecule has 0 unspecified atom stereocenters. The molecule has 0 amide bonds. The van der Waals surface area contributed by atoms with Gasteiger partial charge in [0.25, 0.3) is 0 Å². The Morgan fingerprint density at radius 1 is 1.37 bits per heavy atom. The van der Waals surface area contributed by atoms with Gasteiger partial charge in [-0.05, 0) is 19.1 Å². The summed E-state index contributed by atoms with van der Waals surface area (Å²) < 4.78 is 14.8. The Morgan fingerprint density at radius 3 is 2.74 bits per heavy atom. The Bertz CT molecular complexity index is 619. The van der Waals surface area contributed by atoms with E-state index in [4.69, 9.17) is 15.0 Å². The number of nitrogens with zero attached hydrogens (tertiary/aromatic N) is 1. The average Bonchev–Trinajstić information content (AvgIpc) is 2.79. The Hall–Kier alpha value is -2.50. The SMILES string of the molecule is COC(=O)c1c(-c2cc(C)ccc2OC)noc1N. The van der Waals surface area contributed by atoms with E-state index in [-0.39, 0.29) is 11.4 Å². The molecule has 2 rings (SSSR count). The molecular weight excluding hydrogens is 248 g/mol. The van der Waals surface area contributed by atoms with Gasteiger partial charge < -0.3 is 19.7 Å². The second kappa shape index (κ2) is 5.01. The number of hydrogen-bond donors (Lipinski definition) is 1. The number of methoxy groups -OCH3 is 2. The molecule has 6 heteroatoms. The molecule has 0 atom stereocenters. The van der Waals surface area contributed by atoms with Gasteiger partial charge in [-0.25, -0.2) is 4.79 Å². The van der Waals surface area contributed by atoms with E-state index in [0.29, 0.717) is 17.0 Å². The van der Waals surface area contributed by atoms with Crippen LogP contribution in [0.2, 0.25) is 0 Å². The van der Waals surface area contributed by atoms with E-state index in [0.717, 1.165) is 5.56 Å². The van der Waals surface area contributed by atoms with Gasteiger partial charge in [-0.1, -0.05) is 16.8 Å². The highest BCUT2D eigenvalue weighted by molar-refractivity contribution is 6.00. The zero-order valence-electron chi connectivity index (χ0n) is 10.9. The number of benzene rings is 1. The first-order chi connectivity index (χ1) is 9.08. The van der Waals surface area contributed by atoms with Crippen LogP contribution >= 0.6 is 0 Å². The molecule has 0 saturated heterocycles. The van der Waals surface area contributed by atoms with E-state index in [2.05, 4.69) is 9.89 Å².